The SMILES string of the molecule is Cc1[nH]c(/C=C2/C(=O)NN=C2c2ccncn2)c(C2CC2)c1CCN1CCCC1. The summed E-state index contributed by atoms with van der Waals surface area (Å²) in [4.78, 5) is 26.8. The molecule has 1 amide bonds. The zero-order valence-corrected chi connectivity index (χ0v) is 16.7. The van der Waals surface area contributed by atoms with E-state index in [9.17, 15) is 4.79 Å². The minimum Gasteiger partial charge on any atom is -0.359 e. The monoisotopic (exact) mass is 390 g/mol. The average molecular weight is 390 g/mol. The molecule has 2 aromatic rings. The van der Waals surface area contributed by atoms with Crippen LogP contribution >= 0.6 is 0 Å². The molecule has 7 nitrogen and oxygen atoms in total. The highest BCUT2D eigenvalue weighted by molar-refractivity contribution is 6.32. The molecule has 0 aromatic carbocycles. The molecule has 0 spiro atoms. The second-order valence-electron chi connectivity index (χ2n) is 8.18. The van der Waals surface area contributed by atoms with E-state index in [0.717, 1.165) is 18.7 Å². The van der Waals surface area contributed by atoms with E-state index in [0.29, 0.717) is 22.9 Å². The van der Waals surface area contributed by atoms with Crippen LogP contribution in [-0.4, -0.2) is 51.1 Å². The molecule has 1 saturated carbocycles. The molecule has 2 aromatic heterocycles. The summed E-state index contributed by atoms with van der Waals surface area (Å²) in [5.41, 5.74) is 9.47. The third-order valence-corrected chi connectivity index (χ3v) is 6.13. The normalized spacial score (nSPS) is 21.1. The molecule has 4 heterocycles. The van der Waals surface area contributed by atoms with Gasteiger partial charge in [0.05, 0.1) is 11.3 Å². The van der Waals surface area contributed by atoms with E-state index >= 15 is 0 Å². The summed E-state index contributed by atoms with van der Waals surface area (Å²) in [6.45, 7) is 5.71. The van der Waals surface area contributed by atoms with Crippen molar-refractivity contribution in [1.29, 1.82) is 0 Å². The molecular formula is C22H26N6O. The first-order valence-electron chi connectivity index (χ1n) is 10.5. The van der Waals surface area contributed by atoms with Crippen molar-refractivity contribution in [2.24, 2.45) is 5.10 Å². The van der Waals surface area contributed by atoms with Crippen LogP contribution in [0.2, 0.25) is 0 Å². The first-order valence-corrected chi connectivity index (χ1v) is 10.5. The van der Waals surface area contributed by atoms with Crippen LogP contribution in [-0.2, 0) is 11.2 Å². The lowest BCUT2D eigenvalue weighted by atomic mass is 9.98. The maximum Gasteiger partial charge on any atom is 0.273 e. The van der Waals surface area contributed by atoms with Gasteiger partial charge in [-0.1, -0.05) is 0 Å². The molecule has 0 radical (unpaired) electrons. The van der Waals surface area contributed by atoms with Gasteiger partial charge in [-0.25, -0.2) is 15.4 Å². The maximum atomic E-state index is 12.5. The third-order valence-electron chi connectivity index (χ3n) is 6.13. The summed E-state index contributed by atoms with van der Waals surface area (Å²) in [5, 5.41) is 4.21. The van der Waals surface area contributed by atoms with E-state index in [4.69, 9.17) is 0 Å². The Morgan fingerprint density at radius 2 is 2.10 bits per heavy atom. The van der Waals surface area contributed by atoms with Crippen molar-refractivity contribution in [3.05, 3.63) is 52.4 Å². The summed E-state index contributed by atoms with van der Waals surface area (Å²) in [7, 11) is 0. The number of hydrazone groups is 1. The lowest BCUT2D eigenvalue weighted by Crippen LogP contribution is -2.22. The number of aromatic nitrogens is 3. The minimum atomic E-state index is -0.189. The molecule has 2 N–H and O–H groups in total. The molecule has 2 fully saturated rings. The van der Waals surface area contributed by atoms with Crippen molar-refractivity contribution in [1.82, 2.24) is 25.3 Å². The van der Waals surface area contributed by atoms with Crippen molar-refractivity contribution >= 4 is 17.7 Å². The number of hydrogen-bond acceptors (Lipinski definition) is 5. The number of rotatable bonds is 6. The zero-order chi connectivity index (χ0) is 19.8. The number of hydrogen-bond donors (Lipinski definition) is 2. The van der Waals surface area contributed by atoms with Gasteiger partial charge >= 0.3 is 0 Å². The molecule has 0 atom stereocenters. The molecule has 5 rings (SSSR count). The Morgan fingerprint density at radius 3 is 2.83 bits per heavy atom. The molecule has 3 aliphatic rings. The standard InChI is InChI=1S/C22H26N6O/c1-14-16(7-11-28-9-2-3-10-28)20(15-4-5-15)19(25-14)12-17-21(26-27-22(17)29)18-6-8-23-13-24-18/h6,8,12-13,15,25H,2-5,7,9-11H2,1H3,(H,27,29)/b17-12+. The van der Waals surface area contributed by atoms with Crippen molar-refractivity contribution in [3.63, 3.8) is 0 Å². The lowest BCUT2D eigenvalue weighted by Gasteiger charge is -2.15. The van der Waals surface area contributed by atoms with Crippen molar-refractivity contribution in [3.8, 4) is 0 Å². The first-order chi connectivity index (χ1) is 14.2. The fraction of sp³-hybridized carbons (Fsp3) is 0.455. The number of carbonyl (C=O) groups excluding carboxylic acids is 1. The largest absolute Gasteiger partial charge is 0.359 e. The molecular weight excluding hydrogens is 364 g/mol. The summed E-state index contributed by atoms with van der Waals surface area (Å²) in [6.07, 6.45) is 11.3. The number of nitrogens with zero attached hydrogens (tertiary/aromatic N) is 4. The summed E-state index contributed by atoms with van der Waals surface area (Å²) in [6, 6.07) is 1.77. The van der Waals surface area contributed by atoms with E-state index < -0.39 is 0 Å². The number of likely N-dealkylation sites (tertiary alicyclic amines) is 1. The van der Waals surface area contributed by atoms with Crippen LogP contribution in [0.5, 0.6) is 0 Å². The summed E-state index contributed by atoms with van der Waals surface area (Å²) in [5.74, 6) is 0.413. The van der Waals surface area contributed by atoms with Gasteiger partial charge in [0.15, 0.2) is 0 Å². The Morgan fingerprint density at radius 1 is 1.28 bits per heavy atom. The Hall–Kier alpha value is -2.80. The van der Waals surface area contributed by atoms with Gasteiger partial charge in [-0.3, -0.25) is 4.79 Å². The van der Waals surface area contributed by atoms with Crippen LogP contribution in [0.1, 0.15) is 59.8 Å². The topological polar surface area (TPSA) is 86.3 Å². The number of aromatic amines is 1. The minimum absolute atomic E-state index is 0.189. The first kappa shape index (κ1) is 18.2. The highest BCUT2D eigenvalue weighted by Crippen LogP contribution is 2.45. The van der Waals surface area contributed by atoms with Crippen LogP contribution in [0, 0.1) is 6.92 Å². The smallest absolute Gasteiger partial charge is 0.273 e. The number of H-pyrrole nitrogens is 1. The second-order valence-corrected chi connectivity index (χ2v) is 8.18. The quantitative estimate of drug-likeness (QED) is 0.742. The van der Waals surface area contributed by atoms with Gasteiger partial charge < -0.3 is 9.88 Å². The number of nitrogens with one attached hydrogen (secondary N) is 2. The Kier molecular flexibility index (Phi) is 4.75. The van der Waals surface area contributed by atoms with E-state index in [1.807, 2.05) is 6.08 Å². The Balaban J connectivity index is 1.48. The van der Waals surface area contributed by atoms with Gasteiger partial charge in [0.25, 0.3) is 5.91 Å². The molecule has 2 aliphatic heterocycles. The van der Waals surface area contributed by atoms with Gasteiger partial charge in [-0.15, -0.1) is 0 Å². The fourth-order valence-corrected chi connectivity index (χ4v) is 4.50. The summed E-state index contributed by atoms with van der Waals surface area (Å²) >= 11 is 0. The second kappa shape index (κ2) is 7.55. The van der Waals surface area contributed by atoms with Crippen LogP contribution in [0.15, 0.2) is 29.3 Å². The lowest BCUT2D eigenvalue weighted by molar-refractivity contribution is -0.116. The summed E-state index contributed by atoms with van der Waals surface area (Å²) < 4.78 is 0. The van der Waals surface area contributed by atoms with Gasteiger partial charge in [-0.05, 0) is 81.3 Å². The van der Waals surface area contributed by atoms with Gasteiger partial charge in [-0.2, -0.15) is 5.10 Å². The van der Waals surface area contributed by atoms with E-state index in [1.165, 1.54) is 61.9 Å². The third kappa shape index (κ3) is 3.62. The van der Waals surface area contributed by atoms with Crippen LogP contribution in [0.4, 0.5) is 0 Å². The molecule has 1 aliphatic carbocycles. The highest BCUT2D eigenvalue weighted by Gasteiger charge is 2.32. The van der Waals surface area contributed by atoms with Gasteiger partial charge in [0.1, 0.15) is 12.0 Å². The molecule has 0 bridgehead atoms. The van der Waals surface area contributed by atoms with Crippen LogP contribution < -0.4 is 5.43 Å². The maximum absolute atomic E-state index is 12.5. The molecule has 1 saturated heterocycles. The molecule has 29 heavy (non-hydrogen) atoms. The van der Waals surface area contributed by atoms with Crippen molar-refractivity contribution < 1.29 is 4.79 Å². The van der Waals surface area contributed by atoms with Gasteiger partial charge in [0.2, 0.25) is 0 Å². The number of amides is 1. The zero-order valence-electron chi connectivity index (χ0n) is 16.7. The van der Waals surface area contributed by atoms with Crippen LogP contribution in [0.25, 0.3) is 6.08 Å². The van der Waals surface area contributed by atoms with Gasteiger partial charge in [0, 0.05) is 24.1 Å². The molecule has 150 valence electrons. The molecule has 7 heteroatoms. The molecule has 0 unspecified atom stereocenters. The Labute approximate surface area is 170 Å². The van der Waals surface area contributed by atoms with Crippen molar-refractivity contribution in [2.75, 3.05) is 19.6 Å². The highest BCUT2D eigenvalue weighted by atomic mass is 16.2. The van der Waals surface area contributed by atoms with E-state index in [1.54, 1.807) is 12.3 Å². The Bertz CT molecular complexity index is 980. The average Bonchev–Trinajstić information content (AvgIpc) is 3.16. The van der Waals surface area contributed by atoms with Crippen LogP contribution in [0.3, 0.4) is 0 Å². The number of carbonyl (C=O) groups is 1. The number of aryl methyl sites for hydroxylation is 1. The van der Waals surface area contributed by atoms with E-state index in [2.05, 4.69) is 37.3 Å². The fourth-order valence-electron chi connectivity index (χ4n) is 4.50. The van der Waals surface area contributed by atoms with E-state index in [-0.39, 0.29) is 5.91 Å². The predicted molar refractivity (Wildman–Crippen MR) is 112 cm³/mol. The van der Waals surface area contributed by atoms with Crippen molar-refractivity contribution in [2.45, 2.75) is 44.9 Å². The predicted octanol–water partition coefficient (Wildman–Crippen LogP) is 2.55.